The second-order valence-corrected chi connectivity index (χ2v) is 4.77. The van der Waals surface area contributed by atoms with Crippen molar-refractivity contribution in [3.05, 3.63) is 71.8 Å². The molecule has 0 spiro atoms. The molecule has 3 aromatic rings. The van der Waals surface area contributed by atoms with Crippen LogP contribution in [0.4, 0.5) is 0 Å². The Hall–Kier alpha value is -2.61. The van der Waals surface area contributed by atoms with Crippen LogP contribution in [-0.2, 0) is 0 Å². The molecule has 0 aromatic heterocycles. The van der Waals surface area contributed by atoms with E-state index in [1.807, 2.05) is 61.5 Å². The third kappa shape index (κ3) is 2.41. The fourth-order valence-corrected chi connectivity index (χ4v) is 2.17. The van der Waals surface area contributed by atoms with Gasteiger partial charge in [0, 0.05) is 10.9 Å². The first-order valence-corrected chi connectivity index (χ1v) is 6.49. The van der Waals surface area contributed by atoms with Crippen molar-refractivity contribution in [1.29, 1.82) is 0 Å². The van der Waals surface area contributed by atoms with Gasteiger partial charge < -0.3 is 4.74 Å². The molecule has 0 saturated carbocycles. The predicted molar refractivity (Wildman–Crippen MR) is 80.6 cm³/mol. The number of carbonyl (C=O) groups excluding carboxylic acids is 1. The number of rotatable bonds is 3. The lowest BCUT2D eigenvalue weighted by Crippen LogP contribution is -1.87. The van der Waals surface area contributed by atoms with Gasteiger partial charge in [0.15, 0.2) is 0 Å². The lowest BCUT2D eigenvalue weighted by Gasteiger charge is -2.09. The van der Waals surface area contributed by atoms with Gasteiger partial charge in [0.2, 0.25) is 0 Å². The number of aryl methyl sites for hydroxylation is 1. The van der Waals surface area contributed by atoms with Crippen molar-refractivity contribution in [3.63, 3.8) is 0 Å². The van der Waals surface area contributed by atoms with Gasteiger partial charge >= 0.3 is 0 Å². The summed E-state index contributed by atoms with van der Waals surface area (Å²) in [7, 11) is 0. The molecule has 0 N–H and O–H groups in total. The minimum absolute atomic E-state index is 0.671. The van der Waals surface area contributed by atoms with Crippen molar-refractivity contribution in [2.75, 3.05) is 0 Å². The summed E-state index contributed by atoms with van der Waals surface area (Å²) in [6, 6.07) is 19.4. The number of ether oxygens (including phenoxy) is 1. The van der Waals surface area contributed by atoms with Gasteiger partial charge in [-0.1, -0.05) is 35.9 Å². The Kier molecular flexibility index (Phi) is 3.21. The quantitative estimate of drug-likeness (QED) is 0.636. The molecule has 0 saturated heterocycles. The van der Waals surface area contributed by atoms with E-state index in [0.717, 1.165) is 28.6 Å². The fraction of sp³-hybridized carbons (Fsp3) is 0.0556. The Morgan fingerprint density at radius 2 is 1.75 bits per heavy atom. The number of hydrogen-bond acceptors (Lipinski definition) is 2. The third-order valence-corrected chi connectivity index (χ3v) is 3.25. The summed E-state index contributed by atoms with van der Waals surface area (Å²) in [5.41, 5.74) is 1.87. The molecule has 0 heterocycles. The summed E-state index contributed by atoms with van der Waals surface area (Å²) in [4.78, 5) is 10.8. The zero-order valence-electron chi connectivity index (χ0n) is 11.2. The van der Waals surface area contributed by atoms with Crippen LogP contribution in [0.2, 0.25) is 0 Å². The van der Waals surface area contributed by atoms with Crippen LogP contribution in [0.3, 0.4) is 0 Å². The molecule has 0 amide bonds. The number of hydrogen-bond donors (Lipinski definition) is 0. The highest BCUT2D eigenvalue weighted by Crippen LogP contribution is 2.30. The Morgan fingerprint density at radius 3 is 2.50 bits per heavy atom. The van der Waals surface area contributed by atoms with Crippen LogP contribution in [0, 0.1) is 6.92 Å². The lowest BCUT2D eigenvalue weighted by atomic mass is 10.1. The molecule has 0 bridgehead atoms. The van der Waals surface area contributed by atoms with Crippen molar-refractivity contribution in [2.45, 2.75) is 6.92 Å². The van der Waals surface area contributed by atoms with E-state index in [-0.39, 0.29) is 0 Å². The molecule has 0 aliphatic rings. The molecule has 3 rings (SSSR count). The second kappa shape index (κ2) is 5.17. The van der Waals surface area contributed by atoms with Crippen molar-refractivity contribution in [2.24, 2.45) is 0 Å². The van der Waals surface area contributed by atoms with E-state index >= 15 is 0 Å². The number of fused-ring (bicyclic) bond motifs is 1. The van der Waals surface area contributed by atoms with E-state index in [2.05, 4.69) is 0 Å². The van der Waals surface area contributed by atoms with Crippen LogP contribution in [0.1, 0.15) is 15.9 Å². The van der Waals surface area contributed by atoms with Crippen LogP contribution < -0.4 is 4.74 Å². The van der Waals surface area contributed by atoms with Crippen LogP contribution in [0.15, 0.2) is 60.7 Å². The average molecular weight is 262 g/mol. The highest BCUT2D eigenvalue weighted by molar-refractivity contribution is 5.92. The number of carbonyl (C=O) groups is 1. The smallest absolute Gasteiger partial charge is 0.150 e. The Balaban J connectivity index is 2.03. The zero-order valence-corrected chi connectivity index (χ0v) is 11.2. The predicted octanol–water partition coefficient (Wildman–Crippen LogP) is 4.75. The molecule has 0 aliphatic heterocycles. The Morgan fingerprint density at radius 1 is 0.950 bits per heavy atom. The summed E-state index contributed by atoms with van der Waals surface area (Å²) >= 11 is 0. The van der Waals surface area contributed by atoms with Crippen molar-refractivity contribution in [3.8, 4) is 11.5 Å². The second-order valence-electron chi connectivity index (χ2n) is 4.77. The average Bonchev–Trinajstić information content (AvgIpc) is 2.49. The zero-order chi connectivity index (χ0) is 13.9. The highest BCUT2D eigenvalue weighted by atomic mass is 16.5. The van der Waals surface area contributed by atoms with Crippen LogP contribution in [0.5, 0.6) is 11.5 Å². The van der Waals surface area contributed by atoms with Crippen molar-refractivity contribution < 1.29 is 9.53 Å². The summed E-state index contributed by atoms with van der Waals surface area (Å²) < 4.78 is 5.93. The van der Waals surface area contributed by atoms with Crippen molar-refractivity contribution >= 4 is 17.1 Å². The van der Waals surface area contributed by atoms with Gasteiger partial charge in [-0.05, 0) is 42.6 Å². The Bertz CT molecular complexity index is 758. The molecular formula is C18H14O2. The van der Waals surface area contributed by atoms with E-state index in [1.54, 1.807) is 6.07 Å². The first-order valence-electron chi connectivity index (χ1n) is 6.49. The maximum atomic E-state index is 10.8. The van der Waals surface area contributed by atoms with E-state index in [0.29, 0.717) is 5.56 Å². The Labute approximate surface area is 117 Å². The van der Waals surface area contributed by atoms with E-state index in [4.69, 9.17) is 4.74 Å². The molecule has 2 heteroatoms. The lowest BCUT2D eigenvalue weighted by molar-refractivity contribution is 0.112. The SMILES string of the molecule is Cc1ccc(Oc2cccc3cc(C=O)ccc23)cc1. The van der Waals surface area contributed by atoms with Gasteiger partial charge in [-0.25, -0.2) is 0 Å². The highest BCUT2D eigenvalue weighted by Gasteiger charge is 2.04. The summed E-state index contributed by atoms with van der Waals surface area (Å²) in [5.74, 6) is 1.60. The normalized spacial score (nSPS) is 10.4. The maximum absolute atomic E-state index is 10.8. The molecule has 20 heavy (non-hydrogen) atoms. The monoisotopic (exact) mass is 262 g/mol. The summed E-state index contributed by atoms with van der Waals surface area (Å²) in [6.07, 6.45) is 0.854. The van der Waals surface area contributed by atoms with Gasteiger partial charge in [0.05, 0.1) is 0 Å². The molecule has 0 unspecified atom stereocenters. The number of aldehydes is 1. The maximum Gasteiger partial charge on any atom is 0.150 e. The van der Waals surface area contributed by atoms with Gasteiger partial charge in [-0.2, -0.15) is 0 Å². The molecular weight excluding hydrogens is 248 g/mol. The minimum atomic E-state index is 0.671. The largest absolute Gasteiger partial charge is 0.457 e. The summed E-state index contributed by atoms with van der Waals surface area (Å²) in [5, 5.41) is 2.00. The van der Waals surface area contributed by atoms with Gasteiger partial charge in [0.25, 0.3) is 0 Å². The van der Waals surface area contributed by atoms with Crippen molar-refractivity contribution in [1.82, 2.24) is 0 Å². The topological polar surface area (TPSA) is 26.3 Å². The molecule has 0 aliphatic carbocycles. The first-order chi connectivity index (χ1) is 9.76. The number of benzene rings is 3. The molecule has 0 radical (unpaired) electrons. The molecule has 0 fully saturated rings. The molecule has 0 atom stereocenters. The van der Waals surface area contributed by atoms with Crippen LogP contribution in [-0.4, -0.2) is 6.29 Å². The molecule has 3 aromatic carbocycles. The first kappa shape index (κ1) is 12.4. The van der Waals surface area contributed by atoms with Gasteiger partial charge in [-0.15, -0.1) is 0 Å². The fourth-order valence-electron chi connectivity index (χ4n) is 2.17. The van der Waals surface area contributed by atoms with Gasteiger partial charge in [-0.3, -0.25) is 4.79 Å². The van der Waals surface area contributed by atoms with Crippen LogP contribution in [0.25, 0.3) is 10.8 Å². The van der Waals surface area contributed by atoms with Gasteiger partial charge in [0.1, 0.15) is 17.8 Å². The third-order valence-electron chi connectivity index (χ3n) is 3.25. The molecule has 98 valence electrons. The van der Waals surface area contributed by atoms with E-state index in [1.165, 1.54) is 5.56 Å². The van der Waals surface area contributed by atoms with E-state index in [9.17, 15) is 4.79 Å². The van der Waals surface area contributed by atoms with Crippen LogP contribution >= 0.6 is 0 Å². The standard InChI is InChI=1S/C18H14O2/c1-13-5-8-16(9-6-13)20-18-4-2-3-15-11-14(12-19)7-10-17(15)18/h2-12H,1H3. The van der Waals surface area contributed by atoms with E-state index < -0.39 is 0 Å². The summed E-state index contributed by atoms with van der Waals surface area (Å²) in [6.45, 7) is 2.04. The minimum Gasteiger partial charge on any atom is -0.457 e. The molecule has 2 nitrogen and oxygen atoms in total.